The zero-order valence-electron chi connectivity index (χ0n) is 9.45. The van der Waals surface area contributed by atoms with Crippen LogP contribution in [-0.4, -0.2) is 15.7 Å². The number of rotatable bonds is 2. The van der Waals surface area contributed by atoms with Crippen molar-refractivity contribution in [2.75, 3.05) is 11.1 Å². The number of nitrogens with zero attached hydrogens (tertiary/aromatic N) is 2. The largest absolute Gasteiger partial charge is 0.383 e. The number of carbonyl (C=O) groups is 1. The summed E-state index contributed by atoms with van der Waals surface area (Å²) in [5.41, 5.74) is 5.73. The Morgan fingerprint density at radius 3 is 2.83 bits per heavy atom. The highest BCUT2D eigenvalue weighted by molar-refractivity contribution is 6.34. The first-order valence-electron chi connectivity index (χ1n) is 5.03. The maximum absolute atomic E-state index is 13.5. The molecule has 18 heavy (non-hydrogen) atoms. The first-order valence-corrected chi connectivity index (χ1v) is 5.41. The van der Waals surface area contributed by atoms with Crippen LogP contribution < -0.4 is 11.1 Å². The third-order valence-electron chi connectivity index (χ3n) is 2.43. The van der Waals surface area contributed by atoms with Gasteiger partial charge in [0.1, 0.15) is 17.2 Å². The smallest absolute Gasteiger partial charge is 0.261 e. The molecule has 1 aromatic carbocycles. The fourth-order valence-electron chi connectivity index (χ4n) is 1.42. The molecule has 1 heterocycles. The minimum Gasteiger partial charge on any atom is -0.383 e. The van der Waals surface area contributed by atoms with Crippen LogP contribution in [0.25, 0.3) is 0 Å². The summed E-state index contributed by atoms with van der Waals surface area (Å²) in [7, 11) is 1.60. The second kappa shape index (κ2) is 4.66. The molecule has 5 nitrogen and oxygen atoms in total. The van der Waals surface area contributed by atoms with Crippen molar-refractivity contribution in [2.24, 2.45) is 7.05 Å². The van der Waals surface area contributed by atoms with E-state index in [1.165, 1.54) is 29.1 Å². The van der Waals surface area contributed by atoms with Gasteiger partial charge in [0.25, 0.3) is 5.91 Å². The number of nitrogen functional groups attached to an aromatic ring is 1. The fourth-order valence-corrected chi connectivity index (χ4v) is 1.63. The van der Waals surface area contributed by atoms with Crippen LogP contribution in [0.15, 0.2) is 24.4 Å². The number of hydrogen-bond donors (Lipinski definition) is 2. The van der Waals surface area contributed by atoms with E-state index in [0.717, 1.165) is 0 Å². The summed E-state index contributed by atoms with van der Waals surface area (Å²) < 4.78 is 14.8. The minimum atomic E-state index is -0.613. The molecular formula is C11H10ClFN4O. The van der Waals surface area contributed by atoms with E-state index >= 15 is 0 Å². The third kappa shape index (κ3) is 2.14. The molecule has 0 saturated carbocycles. The summed E-state index contributed by atoms with van der Waals surface area (Å²) in [4.78, 5) is 11.9. The highest BCUT2D eigenvalue weighted by Gasteiger charge is 2.16. The highest BCUT2D eigenvalue weighted by Crippen LogP contribution is 2.25. The van der Waals surface area contributed by atoms with Gasteiger partial charge in [0.2, 0.25) is 0 Å². The molecule has 94 valence electrons. The molecule has 0 atom stereocenters. The highest BCUT2D eigenvalue weighted by atomic mass is 35.5. The van der Waals surface area contributed by atoms with Gasteiger partial charge in [0.05, 0.1) is 16.9 Å². The normalized spacial score (nSPS) is 10.4. The van der Waals surface area contributed by atoms with E-state index in [4.69, 9.17) is 17.3 Å². The van der Waals surface area contributed by atoms with Crippen molar-refractivity contribution in [3.8, 4) is 0 Å². The van der Waals surface area contributed by atoms with E-state index in [2.05, 4.69) is 10.4 Å². The minimum absolute atomic E-state index is 0.0765. The van der Waals surface area contributed by atoms with Gasteiger partial charge < -0.3 is 11.1 Å². The number of amides is 1. The van der Waals surface area contributed by atoms with E-state index in [9.17, 15) is 9.18 Å². The average molecular weight is 269 g/mol. The number of benzene rings is 1. The number of nitrogens with one attached hydrogen (secondary N) is 1. The number of para-hydroxylation sites is 1. The second-order valence-electron chi connectivity index (χ2n) is 3.62. The van der Waals surface area contributed by atoms with Crippen LogP contribution in [0.5, 0.6) is 0 Å². The third-order valence-corrected chi connectivity index (χ3v) is 2.75. The Morgan fingerprint density at radius 1 is 1.56 bits per heavy atom. The van der Waals surface area contributed by atoms with Crippen LogP contribution in [0.2, 0.25) is 5.02 Å². The molecule has 0 saturated heterocycles. The van der Waals surface area contributed by atoms with Gasteiger partial charge in [-0.05, 0) is 12.1 Å². The Morgan fingerprint density at radius 2 is 2.28 bits per heavy atom. The Balaban J connectivity index is 2.30. The number of anilines is 2. The Bertz CT molecular complexity index is 591. The zero-order chi connectivity index (χ0) is 13.3. The molecule has 7 heteroatoms. The Hall–Kier alpha value is -2.08. The van der Waals surface area contributed by atoms with Crippen LogP contribution in [0, 0.1) is 5.82 Å². The van der Waals surface area contributed by atoms with E-state index in [-0.39, 0.29) is 22.1 Å². The molecule has 0 radical (unpaired) electrons. The lowest BCUT2D eigenvalue weighted by Crippen LogP contribution is -2.15. The summed E-state index contributed by atoms with van der Waals surface area (Å²) in [6.45, 7) is 0. The van der Waals surface area contributed by atoms with Crippen molar-refractivity contribution in [3.05, 3.63) is 40.8 Å². The lowest BCUT2D eigenvalue weighted by Gasteiger charge is -2.07. The molecule has 0 bridgehead atoms. The Kier molecular flexibility index (Phi) is 3.20. The van der Waals surface area contributed by atoms with Crippen molar-refractivity contribution in [3.63, 3.8) is 0 Å². The molecule has 2 rings (SSSR count). The van der Waals surface area contributed by atoms with E-state index < -0.39 is 11.7 Å². The maximum atomic E-state index is 13.5. The van der Waals surface area contributed by atoms with Crippen LogP contribution in [0.3, 0.4) is 0 Å². The predicted molar refractivity (Wildman–Crippen MR) is 67.0 cm³/mol. The zero-order valence-corrected chi connectivity index (χ0v) is 10.2. The van der Waals surface area contributed by atoms with E-state index in [1.54, 1.807) is 7.05 Å². The predicted octanol–water partition coefficient (Wildman–Crippen LogP) is 2.05. The van der Waals surface area contributed by atoms with Gasteiger partial charge in [-0.15, -0.1) is 0 Å². The fraction of sp³-hybridized carbons (Fsp3) is 0.0909. The lowest BCUT2D eigenvalue weighted by molar-refractivity contribution is 0.102. The number of aryl methyl sites for hydroxylation is 1. The molecule has 0 aliphatic rings. The number of nitrogens with two attached hydrogens (primary N) is 1. The second-order valence-corrected chi connectivity index (χ2v) is 4.03. The van der Waals surface area contributed by atoms with Crippen molar-refractivity contribution in [2.45, 2.75) is 0 Å². The summed E-state index contributed by atoms with van der Waals surface area (Å²) in [6, 6.07) is 4.13. The van der Waals surface area contributed by atoms with Crippen molar-refractivity contribution < 1.29 is 9.18 Å². The molecular weight excluding hydrogens is 259 g/mol. The Labute approximate surface area is 107 Å². The van der Waals surface area contributed by atoms with Gasteiger partial charge in [-0.2, -0.15) is 5.10 Å². The standard InChI is InChI=1S/C11H10ClFN4O/c1-17-10(14)6(5-15-17)11(18)16-9-7(12)3-2-4-8(9)13/h2-5H,14H2,1H3,(H,16,18). The maximum Gasteiger partial charge on any atom is 0.261 e. The quantitative estimate of drug-likeness (QED) is 0.875. The van der Waals surface area contributed by atoms with Crippen molar-refractivity contribution in [1.29, 1.82) is 0 Å². The summed E-state index contributed by atoms with van der Waals surface area (Å²) in [5.74, 6) is -0.981. The van der Waals surface area contributed by atoms with Gasteiger partial charge >= 0.3 is 0 Å². The van der Waals surface area contributed by atoms with Gasteiger partial charge in [-0.25, -0.2) is 4.39 Å². The topological polar surface area (TPSA) is 72.9 Å². The van der Waals surface area contributed by atoms with Gasteiger partial charge in [0.15, 0.2) is 0 Å². The molecule has 2 aromatic rings. The number of carbonyl (C=O) groups excluding carboxylic acids is 1. The van der Waals surface area contributed by atoms with Crippen molar-refractivity contribution >= 4 is 29.0 Å². The van der Waals surface area contributed by atoms with E-state index in [1.807, 2.05) is 0 Å². The molecule has 0 spiro atoms. The molecule has 1 amide bonds. The summed E-state index contributed by atoms with van der Waals surface area (Å²) >= 11 is 5.80. The van der Waals surface area contributed by atoms with Crippen molar-refractivity contribution in [1.82, 2.24) is 9.78 Å². The first kappa shape index (κ1) is 12.4. The monoisotopic (exact) mass is 268 g/mol. The van der Waals surface area contributed by atoms with E-state index in [0.29, 0.717) is 0 Å². The molecule has 3 N–H and O–H groups in total. The molecule has 1 aromatic heterocycles. The summed E-state index contributed by atoms with van der Waals surface area (Å²) in [5, 5.41) is 6.31. The number of halogens is 2. The van der Waals surface area contributed by atoms with Crippen LogP contribution >= 0.6 is 11.6 Å². The van der Waals surface area contributed by atoms with Gasteiger partial charge in [-0.1, -0.05) is 17.7 Å². The molecule has 0 aliphatic carbocycles. The van der Waals surface area contributed by atoms with Gasteiger partial charge in [-0.3, -0.25) is 9.48 Å². The molecule has 0 unspecified atom stereocenters. The number of aromatic nitrogens is 2. The average Bonchev–Trinajstić information content (AvgIpc) is 2.65. The molecule has 0 fully saturated rings. The van der Waals surface area contributed by atoms with Crippen LogP contribution in [-0.2, 0) is 7.05 Å². The van der Waals surface area contributed by atoms with Gasteiger partial charge in [0, 0.05) is 7.05 Å². The lowest BCUT2D eigenvalue weighted by atomic mass is 10.2. The number of hydrogen-bond acceptors (Lipinski definition) is 3. The SMILES string of the molecule is Cn1ncc(C(=O)Nc2c(F)cccc2Cl)c1N. The van der Waals surface area contributed by atoms with Crippen LogP contribution in [0.1, 0.15) is 10.4 Å². The molecule has 0 aliphatic heterocycles. The first-order chi connectivity index (χ1) is 8.50. The van der Waals surface area contributed by atoms with Crippen LogP contribution in [0.4, 0.5) is 15.9 Å². The summed E-state index contributed by atoms with van der Waals surface area (Å²) in [6.07, 6.45) is 1.30.